The van der Waals surface area contributed by atoms with Crippen LogP contribution in [0.4, 0.5) is 0 Å². The molecule has 0 aliphatic rings. The molecular formula is C10H10N2O6S2. The highest BCUT2D eigenvalue weighted by molar-refractivity contribution is 7.87. The third-order valence-corrected chi connectivity index (χ3v) is 4.93. The highest BCUT2D eigenvalue weighted by Crippen LogP contribution is 2.29. The van der Waals surface area contributed by atoms with Crippen molar-refractivity contribution >= 4 is 31.0 Å². The zero-order chi connectivity index (χ0) is 15.0. The molecule has 0 saturated heterocycles. The SMILES string of the molecule is NOS(=O)(=O)c1cccc2c(S(=O)(=O)ON)cccc12. The van der Waals surface area contributed by atoms with Crippen LogP contribution < -0.4 is 11.8 Å². The van der Waals surface area contributed by atoms with Gasteiger partial charge in [-0.3, -0.25) is 0 Å². The first-order valence-corrected chi connectivity index (χ1v) is 7.93. The number of rotatable bonds is 4. The molecule has 0 fully saturated rings. The molecule has 0 radical (unpaired) electrons. The zero-order valence-electron chi connectivity index (χ0n) is 9.88. The van der Waals surface area contributed by atoms with E-state index in [1.54, 1.807) is 0 Å². The third kappa shape index (κ3) is 2.40. The molecule has 0 unspecified atom stereocenters. The van der Waals surface area contributed by atoms with Gasteiger partial charge < -0.3 is 0 Å². The summed E-state index contributed by atoms with van der Waals surface area (Å²) >= 11 is 0. The molecule has 0 aliphatic carbocycles. The maximum Gasteiger partial charge on any atom is 0.313 e. The number of fused-ring (bicyclic) bond motifs is 1. The average molecular weight is 318 g/mol. The molecule has 108 valence electrons. The lowest BCUT2D eigenvalue weighted by Gasteiger charge is -2.09. The van der Waals surface area contributed by atoms with Gasteiger partial charge in [-0.05, 0) is 12.1 Å². The summed E-state index contributed by atoms with van der Waals surface area (Å²) in [6.07, 6.45) is 0. The van der Waals surface area contributed by atoms with Crippen LogP contribution in [0.1, 0.15) is 0 Å². The van der Waals surface area contributed by atoms with E-state index in [2.05, 4.69) is 8.57 Å². The first-order chi connectivity index (χ1) is 9.33. The van der Waals surface area contributed by atoms with Crippen molar-refractivity contribution < 1.29 is 25.4 Å². The van der Waals surface area contributed by atoms with Crippen LogP contribution in [0.15, 0.2) is 46.2 Å². The van der Waals surface area contributed by atoms with Crippen LogP contribution in [0.2, 0.25) is 0 Å². The summed E-state index contributed by atoms with van der Waals surface area (Å²) in [6, 6.07) is 8.01. The molecule has 8 nitrogen and oxygen atoms in total. The maximum atomic E-state index is 11.7. The van der Waals surface area contributed by atoms with E-state index in [9.17, 15) is 16.8 Å². The summed E-state index contributed by atoms with van der Waals surface area (Å²) in [4.78, 5) is -0.516. The summed E-state index contributed by atoms with van der Waals surface area (Å²) < 4.78 is 54.7. The standard InChI is InChI=1S/C10H10N2O6S2/c11-17-19(13,14)9-5-1-3-7-8(9)4-2-6-10(7)20(15,16)18-12/h1-6H,11-12H2. The van der Waals surface area contributed by atoms with E-state index in [1.165, 1.54) is 36.4 Å². The van der Waals surface area contributed by atoms with Gasteiger partial charge in [0.25, 0.3) is 0 Å². The largest absolute Gasteiger partial charge is 0.313 e. The lowest BCUT2D eigenvalue weighted by atomic mass is 10.1. The van der Waals surface area contributed by atoms with Gasteiger partial charge in [0.1, 0.15) is 9.79 Å². The van der Waals surface area contributed by atoms with Gasteiger partial charge in [-0.2, -0.15) is 37.2 Å². The van der Waals surface area contributed by atoms with Crippen molar-refractivity contribution in [2.75, 3.05) is 0 Å². The molecular weight excluding hydrogens is 308 g/mol. The average Bonchev–Trinajstić information content (AvgIpc) is 2.45. The first kappa shape index (κ1) is 14.8. The van der Waals surface area contributed by atoms with Crippen LogP contribution in [-0.2, 0) is 28.8 Å². The van der Waals surface area contributed by atoms with Gasteiger partial charge in [0, 0.05) is 10.8 Å². The molecule has 0 spiro atoms. The summed E-state index contributed by atoms with van der Waals surface area (Å²) in [6.45, 7) is 0. The maximum absolute atomic E-state index is 11.7. The molecule has 0 amide bonds. The smallest absolute Gasteiger partial charge is 0.197 e. The second-order valence-electron chi connectivity index (χ2n) is 3.71. The highest BCUT2D eigenvalue weighted by Gasteiger charge is 2.22. The highest BCUT2D eigenvalue weighted by atomic mass is 32.2. The van der Waals surface area contributed by atoms with Crippen molar-refractivity contribution in [1.82, 2.24) is 0 Å². The van der Waals surface area contributed by atoms with Crippen molar-refractivity contribution in [3.05, 3.63) is 36.4 Å². The van der Waals surface area contributed by atoms with Crippen LogP contribution in [0.25, 0.3) is 10.8 Å². The Labute approximate surface area is 115 Å². The van der Waals surface area contributed by atoms with Crippen LogP contribution in [-0.4, -0.2) is 16.8 Å². The van der Waals surface area contributed by atoms with Gasteiger partial charge in [-0.25, -0.2) is 0 Å². The van der Waals surface area contributed by atoms with E-state index in [4.69, 9.17) is 11.8 Å². The van der Waals surface area contributed by atoms with Crippen LogP contribution >= 0.6 is 0 Å². The van der Waals surface area contributed by atoms with Crippen LogP contribution in [0, 0.1) is 0 Å². The van der Waals surface area contributed by atoms with Gasteiger partial charge in [0.15, 0.2) is 0 Å². The zero-order valence-corrected chi connectivity index (χ0v) is 11.5. The van der Waals surface area contributed by atoms with Gasteiger partial charge in [0.2, 0.25) is 0 Å². The molecule has 2 aromatic rings. The molecule has 0 saturated carbocycles. The molecule has 2 aromatic carbocycles. The van der Waals surface area contributed by atoms with Crippen molar-refractivity contribution in [2.24, 2.45) is 11.8 Å². The van der Waals surface area contributed by atoms with E-state index in [0.29, 0.717) is 0 Å². The molecule has 0 bridgehead atoms. The minimum absolute atomic E-state index is 0.121. The Bertz CT molecular complexity index is 787. The summed E-state index contributed by atoms with van der Waals surface area (Å²) in [5, 5.41) is 0.243. The third-order valence-electron chi connectivity index (χ3n) is 2.63. The first-order valence-electron chi connectivity index (χ1n) is 5.12. The topological polar surface area (TPSA) is 139 Å². The fourth-order valence-corrected chi connectivity index (χ4v) is 3.38. The molecule has 4 N–H and O–H groups in total. The second kappa shape index (κ2) is 5.09. The Hall–Kier alpha value is -1.56. The Morgan fingerprint density at radius 3 is 1.35 bits per heavy atom. The van der Waals surface area contributed by atoms with Gasteiger partial charge >= 0.3 is 20.2 Å². The molecule has 0 atom stereocenters. The van der Waals surface area contributed by atoms with Crippen molar-refractivity contribution in [3.63, 3.8) is 0 Å². The summed E-state index contributed by atoms with van der Waals surface area (Å²) in [5.41, 5.74) is 0. The van der Waals surface area contributed by atoms with Crippen LogP contribution in [0.3, 0.4) is 0 Å². The summed E-state index contributed by atoms with van der Waals surface area (Å²) in [7, 11) is -8.37. The molecule has 10 heteroatoms. The predicted octanol–water partition coefficient (Wildman–Crippen LogP) is -0.00220. The van der Waals surface area contributed by atoms with E-state index in [1.807, 2.05) is 0 Å². The Balaban J connectivity index is 2.91. The van der Waals surface area contributed by atoms with Crippen molar-refractivity contribution in [3.8, 4) is 0 Å². The molecule has 0 aliphatic heterocycles. The predicted molar refractivity (Wildman–Crippen MR) is 68.9 cm³/mol. The molecule has 0 heterocycles. The van der Waals surface area contributed by atoms with Crippen molar-refractivity contribution in [1.29, 1.82) is 0 Å². The number of hydrogen-bond acceptors (Lipinski definition) is 8. The lowest BCUT2D eigenvalue weighted by molar-refractivity contribution is 0.332. The fraction of sp³-hybridized carbons (Fsp3) is 0. The summed E-state index contributed by atoms with van der Waals surface area (Å²) in [5.74, 6) is 9.46. The molecule has 0 aromatic heterocycles. The van der Waals surface area contributed by atoms with E-state index < -0.39 is 20.2 Å². The van der Waals surface area contributed by atoms with Gasteiger partial charge in [-0.1, -0.05) is 24.3 Å². The minimum Gasteiger partial charge on any atom is -0.197 e. The number of hydrogen-bond donors (Lipinski definition) is 2. The van der Waals surface area contributed by atoms with E-state index in [0.717, 1.165) is 0 Å². The van der Waals surface area contributed by atoms with E-state index >= 15 is 0 Å². The Kier molecular flexibility index (Phi) is 3.77. The quantitative estimate of drug-likeness (QED) is 0.751. The van der Waals surface area contributed by atoms with Crippen LogP contribution in [0.5, 0.6) is 0 Å². The number of benzene rings is 2. The molecule has 20 heavy (non-hydrogen) atoms. The lowest BCUT2D eigenvalue weighted by Crippen LogP contribution is -2.13. The van der Waals surface area contributed by atoms with Gasteiger partial charge in [-0.15, -0.1) is 0 Å². The Morgan fingerprint density at radius 2 is 1.05 bits per heavy atom. The number of nitrogens with two attached hydrogens (primary N) is 2. The molecule has 2 rings (SSSR count). The van der Waals surface area contributed by atoms with Gasteiger partial charge in [0.05, 0.1) is 0 Å². The monoisotopic (exact) mass is 318 g/mol. The second-order valence-corrected chi connectivity index (χ2v) is 6.79. The van der Waals surface area contributed by atoms with E-state index in [-0.39, 0.29) is 20.6 Å². The normalized spacial score (nSPS) is 12.7. The fourth-order valence-electron chi connectivity index (χ4n) is 1.79. The minimum atomic E-state index is -4.18. The van der Waals surface area contributed by atoms with Crippen molar-refractivity contribution in [2.45, 2.75) is 9.79 Å². The Morgan fingerprint density at radius 1 is 0.700 bits per heavy atom.